The van der Waals surface area contributed by atoms with Crippen LogP contribution in [0.1, 0.15) is 37.7 Å². The van der Waals surface area contributed by atoms with Crippen LogP contribution in [0.4, 0.5) is 0 Å². The van der Waals surface area contributed by atoms with Crippen LogP contribution >= 0.6 is 11.6 Å². The molecule has 1 aromatic carbocycles. The van der Waals surface area contributed by atoms with Crippen molar-refractivity contribution >= 4 is 22.5 Å². The Morgan fingerprint density at radius 3 is 2.88 bits per heavy atom. The van der Waals surface area contributed by atoms with E-state index in [1.165, 1.54) is 55.0 Å². The van der Waals surface area contributed by atoms with Gasteiger partial charge in [0.2, 0.25) is 0 Å². The van der Waals surface area contributed by atoms with Crippen molar-refractivity contribution in [3.05, 3.63) is 35.0 Å². The fraction of sp³-hybridized carbons (Fsp3) is 0.467. The van der Waals surface area contributed by atoms with Crippen molar-refractivity contribution in [1.82, 2.24) is 4.98 Å². The number of nitrogens with one attached hydrogen (secondary N) is 1. The number of fused-ring (bicyclic) bond motifs is 1. The minimum Gasteiger partial charge on any atom is -0.361 e. The highest BCUT2D eigenvalue weighted by Gasteiger charge is 2.15. The van der Waals surface area contributed by atoms with Gasteiger partial charge in [0.1, 0.15) is 0 Å². The molecular weight excluding hydrogens is 230 g/mol. The van der Waals surface area contributed by atoms with Gasteiger partial charge in [-0.1, -0.05) is 37.3 Å². The van der Waals surface area contributed by atoms with E-state index in [1.807, 2.05) is 6.07 Å². The Morgan fingerprint density at radius 2 is 2.06 bits per heavy atom. The van der Waals surface area contributed by atoms with E-state index in [4.69, 9.17) is 11.6 Å². The molecule has 0 saturated heterocycles. The quantitative estimate of drug-likeness (QED) is 0.790. The fourth-order valence-corrected chi connectivity index (χ4v) is 3.19. The van der Waals surface area contributed by atoms with E-state index in [0.717, 1.165) is 10.9 Å². The molecule has 3 rings (SSSR count). The first-order valence-electron chi connectivity index (χ1n) is 6.58. The molecule has 0 aliphatic heterocycles. The maximum Gasteiger partial charge on any atom is 0.0457 e. The Morgan fingerprint density at radius 1 is 1.24 bits per heavy atom. The SMILES string of the molecule is Clc1ccc2[nH]cc(CCC3CCCC3)c2c1. The lowest BCUT2D eigenvalue weighted by molar-refractivity contribution is 0.504. The summed E-state index contributed by atoms with van der Waals surface area (Å²) in [5, 5.41) is 2.13. The molecule has 0 spiro atoms. The van der Waals surface area contributed by atoms with Crippen LogP contribution < -0.4 is 0 Å². The summed E-state index contributed by atoms with van der Waals surface area (Å²) in [5.41, 5.74) is 2.63. The lowest BCUT2D eigenvalue weighted by Gasteiger charge is -2.07. The molecule has 1 saturated carbocycles. The Hall–Kier alpha value is -0.950. The van der Waals surface area contributed by atoms with Gasteiger partial charge in [-0.3, -0.25) is 0 Å². The third-order valence-electron chi connectivity index (χ3n) is 4.03. The molecule has 17 heavy (non-hydrogen) atoms. The van der Waals surface area contributed by atoms with Crippen LogP contribution in [0.15, 0.2) is 24.4 Å². The van der Waals surface area contributed by atoms with Crippen LogP contribution in [-0.4, -0.2) is 4.98 Å². The summed E-state index contributed by atoms with van der Waals surface area (Å²) < 4.78 is 0. The van der Waals surface area contributed by atoms with Crippen molar-refractivity contribution in [3.8, 4) is 0 Å². The summed E-state index contributed by atoms with van der Waals surface area (Å²) in [4.78, 5) is 3.33. The maximum absolute atomic E-state index is 6.06. The predicted molar refractivity (Wildman–Crippen MR) is 73.6 cm³/mol. The van der Waals surface area contributed by atoms with Gasteiger partial charge in [0.15, 0.2) is 0 Å². The van der Waals surface area contributed by atoms with Crippen molar-refractivity contribution < 1.29 is 0 Å². The molecule has 0 bridgehead atoms. The molecule has 0 atom stereocenters. The fourth-order valence-electron chi connectivity index (χ4n) is 3.02. The number of halogens is 1. The normalized spacial score (nSPS) is 17.0. The molecule has 2 heteroatoms. The van der Waals surface area contributed by atoms with Gasteiger partial charge in [0.05, 0.1) is 0 Å². The van der Waals surface area contributed by atoms with Gasteiger partial charge in [-0.15, -0.1) is 0 Å². The standard InChI is InChI=1S/C15H18ClN/c16-13-7-8-15-14(9-13)12(10-17-15)6-5-11-3-1-2-4-11/h7-11,17H,1-6H2. The van der Waals surface area contributed by atoms with Gasteiger partial charge in [-0.05, 0) is 42.5 Å². The zero-order chi connectivity index (χ0) is 11.7. The number of aromatic nitrogens is 1. The van der Waals surface area contributed by atoms with E-state index in [1.54, 1.807) is 0 Å². The van der Waals surface area contributed by atoms with Crippen molar-refractivity contribution in [2.24, 2.45) is 5.92 Å². The summed E-state index contributed by atoms with van der Waals surface area (Å²) in [6.45, 7) is 0. The van der Waals surface area contributed by atoms with E-state index in [-0.39, 0.29) is 0 Å². The highest BCUT2D eigenvalue weighted by Crippen LogP contribution is 2.30. The van der Waals surface area contributed by atoms with Crippen molar-refractivity contribution in [2.45, 2.75) is 38.5 Å². The lowest BCUT2D eigenvalue weighted by atomic mass is 9.98. The molecule has 1 nitrogen and oxygen atoms in total. The van der Waals surface area contributed by atoms with Crippen molar-refractivity contribution in [2.75, 3.05) is 0 Å². The maximum atomic E-state index is 6.06. The van der Waals surface area contributed by atoms with Gasteiger partial charge in [0, 0.05) is 22.1 Å². The summed E-state index contributed by atoms with van der Waals surface area (Å²) >= 11 is 6.06. The molecule has 1 aromatic heterocycles. The molecular formula is C15H18ClN. The summed E-state index contributed by atoms with van der Waals surface area (Å²) in [6.07, 6.45) is 10.4. The van der Waals surface area contributed by atoms with Gasteiger partial charge in [0.25, 0.3) is 0 Å². The average Bonchev–Trinajstić information content (AvgIpc) is 2.94. The van der Waals surface area contributed by atoms with Crippen LogP contribution in [0.25, 0.3) is 10.9 Å². The summed E-state index contributed by atoms with van der Waals surface area (Å²) in [7, 11) is 0. The molecule has 1 aliphatic rings. The number of rotatable bonds is 3. The summed E-state index contributed by atoms with van der Waals surface area (Å²) in [6, 6.07) is 6.09. The number of hydrogen-bond donors (Lipinski definition) is 1. The van der Waals surface area contributed by atoms with Crippen LogP contribution in [0.2, 0.25) is 5.02 Å². The number of benzene rings is 1. The van der Waals surface area contributed by atoms with E-state index in [2.05, 4.69) is 23.3 Å². The molecule has 0 amide bonds. The number of aryl methyl sites for hydroxylation is 1. The number of hydrogen-bond acceptors (Lipinski definition) is 0. The zero-order valence-corrected chi connectivity index (χ0v) is 10.8. The largest absolute Gasteiger partial charge is 0.361 e. The molecule has 1 heterocycles. The van der Waals surface area contributed by atoms with E-state index >= 15 is 0 Å². The number of H-pyrrole nitrogens is 1. The minimum atomic E-state index is 0.833. The molecule has 0 radical (unpaired) electrons. The van der Waals surface area contributed by atoms with Crippen LogP contribution in [0, 0.1) is 5.92 Å². The number of aromatic amines is 1. The predicted octanol–water partition coefficient (Wildman–Crippen LogP) is 4.94. The average molecular weight is 248 g/mol. The smallest absolute Gasteiger partial charge is 0.0457 e. The third kappa shape index (κ3) is 2.35. The first-order valence-corrected chi connectivity index (χ1v) is 6.96. The highest BCUT2D eigenvalue weighted by atomic mass is 35.5. The third-order valence-corrected chi connectivity index (χ3v) is 4.26. The molecule has 1 aliphatic carbocycles. The second kappa shape index (κ2) is 4.73. The van der Waals surface area contributed by atoms with E-state index in [9.17, 15) is 0 Å². The van der Waals surface area contributed by atoms with Crippen LogP contribution in [0.3, 0.4) is 0 Å². The Labute approximate surface area is 107 Å². The van der Waals surface area contributed by atoms with E-state index in [0.29, 0.717) is 0 Å². The zero-order valence-electron chi connectivity index (χ0n) is 10.0. The minimum absolute atomic E-state index is 0.833. The van der Waals surface area contributed by atoms with Gasteiger partial charge < -0.3 is 4.98 Å². The highest BCUT2D eigenvalue weighted by molar-refractivity contribution is 6.31. The van der Waals surface area contributed by atoms with Crippen LogP contribution in [-0.2, 0) is 6.42 Å². The molecule has 90 valence electrons. The van der Waals surface area contributed by atoms with Gasteiger partial charge in [-0.25, -0.2) is 0 Å². The Balaban J connectivity index is 1.77. The Bertz CT molecular complexity index is 509. The summed E-state index contributed by atoms with van der Waals surface area (Å²) in [5.74, 6) is 0.958. The first-order chi connectivity index (χ1) is 8.33. The molecule has 2 aromatic rings. The Kier molecular flexibility index (Phi) is 3.11. The van der Waals surface area contributed by atoms with Crippen molar-refractivity contribution in [1.29, 1.82) is 0 Å². The lowest BCUT2D eigenvalue weighted by Crippen LogP contribution is -1.95. The van der Waals surface area contributed by atoms with E-state index < -0.39 is 0 Å². The topological polar surface area (TPSA) is 15.8 Å². The molecule has 1 N–H and O–H groups in total. The van der Waals surface area contributed by atoms with Gasteiger partial charge in [-0.2, -0.15) is 0 Å². The van der Waals surface area contributed by atoms with Crippen molar-refractivity contribution in [3.63, 3.8) is 0 Å². The molecule has 0 unspecified atom stereocenters. The van der Waals surface area contributed by atoms with Crippen LogP contribution in [0.5, 0.6) is 0 Å². The second-order valence-electron chi connectivity index (χ2n) is 5.19. The first kappa shape index (κ1) is 11.2. The monoisotopic (exact) mass is 247 g/mol. The molecule has 1 fully saturated rings. The van der Waals surface area contributed by atoms with Gasteiger partial charge >= 0.3 is 0 Å². The second-order valence-corrected chi connectivity index (χ2v) is 5.63.